The summed E-state index contributed by atoms with van der Waals surface area (Å²) in [5.74, 6) is -0.596. The number of pyridine rings is 1. The maximum Gasteiger partial charge on any atom is 0.339 e. The number of aromatic nitrogens is 2. The lowest BCUT2D eigenvalue weighted by Gasteiger charge is -2.19. The Morgan fingerprint density at radius 1 is 1.35 bits per heavy atom. The summed E-state index contributed by atoms with van der Waals surface area (Å²) >= 11 is 0. The quantitative estimate of drug-likeness (QED) is 0.867. The molecule has 0 bridgehead atoms. The molecule has 2 aromatic heterocycles. The Bertz CT molecular complexity index is 672. The van der Waals surface area contributed by atoms with Gasteiger partial charge in [-0.25, -0.2) is 9.78 Å². The molecule has 0 saturated heterocycles. The fourth-order valence-corrected chi connectivity index (χ4v) is 2.98. The first-order chi connectivity index (χ1) is 9.72. The third-order valence-electron chi connectivity index (χ3n) is 3.96. The normalized spacial score (nSPS) is 16.4. The van der Waals surface area contributed by atoms with E-state index >= 15 is 0 Å². The number of imidazole rings is 1. The van der Waals surface area contributed by atoms with Gasteiger partial charge in [-0.3, -0.25) is 4.40 Å². The van der Waals surface area contributed by atoms with Crippen molar-refractivity contribution >= 4 is 17.4 Å². The first-order valence-corrected chi connectivity index (χ1v) is 6.80. The van der Waals surface area contributed by atoms with Crippen molar-refractivity contribution in [1.82, 2.24) is 9.38 Å². The maximum atomic E-state index is 11.2. The molecule has 1 N–H and O–H groups in total. The van der Waals surface area contributed by atoms with Crippen LogP contribution in [0.15, 0.2) is 23.5 Å². The van der Waals surface area contributed by atoms with Crippen LogP contribution < -0.4 is 0 Å². The summed E-state index contributed by atoms with van der Waals surface area (Å²) in [6, 6.07) is 3.08. The molecule has 1 aliphatic rings. The zero-order valence-corrected chi connectivity index (χ0v) is 11.0. The van der Waals surface area contributed by atoms with E-state index < -0.39 is 5.97 Å². The Kier molecular flexibility index (Phi) is 3.22. The maximum absolute atomic E-state index is 11.2. The van der Waals surface area contributed by atoms with Crippen LogP contribution in [0, 0.1) is 4.91 Å². The summed E-state index contributed by atoms with van der Waals surface area (Å²) in [5.41, 5.74) is 1.04. The van der Waals surface area contributed by atoms with Crippen LogP contribution in [0.3, 0.4) is 0 Å². The average molecular weight is 273 g/mol. The first kappa shape index (κ1) is 12.8. The fourth-order valence-electron chi connectivity index (χ4n) is 2.98. The zero-order chi connectivity index (χ0) is 14.1. The molecule has 0 amide bonds. The number of carbonyl (C=O) groups is 1. The minimum Gasteiger partial charge on any atom is -0.478 e. The van der Waals surface area contributed by atoms with Gasteiger partial charge in [0.1, 0.15) is 5.56 Å². The second kappa shape index (κ2) is 5.03. The molecule has 0 aliphatic heterocycles. The van der Waals surface area contributed by atoms with Gasteiger partial charge in [-0.2, -0.15) is 0 Å². The third kappa shape index (κ3) is 1.97. The summed E-state index contributed by atoms with van der Waals surface area (Å²) < 4.78 is 1.49. The Hall–Kier alpha value is -2.24. The molecule has 0 unspecified atom stereocenters. The van der Waals surface area contributed by atoms with Crippen LogP contribution in [0.5, 0.6) is 0 Å². The van der Waals surface area contributed by atoms with E-state index in [9.17, 15) is 14.8 Å². The summed E-state index contributed by atoms with van der Waals surface area (Å²) in [6.07, 6.45) is 7.03. The number of fused-ring (bicyclic) bond motifs is 1. The van der Waals surface area contributed by atoms with Crippen molar-refractivity contribution in [3.8, 4) is 0 Å². The van der Waals surface area contributed by atoms with Gasteiger partial charge in [0.05, 0.1) is 5.69 Å². The highest BCUT2D eigenvalue weighted by Crippen LogP contribution is 2.37. The summed E-state index contributed by atoms with van der Waals surface area (Å²) in [5, 5.41) is 12.3. The lowest BCUT2D eigenvalue weighted by molar-refractivity contribution is 0.0698. The van der Waals surface area contributed by atoms with Crippen molar-refractivity contribution in [2.24, 2.45) is 5.18 Å². The second-order valence-electron chi connectivity index (χ2n) is 5.17. The number of aromatic carboxylic acids is 1. The number of hydrogen-bond acceptors (Lipinski definition) is 4. The van der Waals surface area contributed by atoms with Crippen molar-refractivity contribution in [3.05, 3.63) is 34.5 Å². The molecule has 6 heteroatoms. The van der Waals surface area contributed by atoms with Gasteiger partial charge in [0.25, 0.3) is 0 Å². The van der Waals surface area contributed by atoms with Crippen LogP contribution in [0.25, 0.3) is 5.65 Å². The Morgan fingerprint density at radius 2 is 2.10 bits per heavy atom. The number of nitrogens with zero attached hydrogens (tertiary/aromatic N) is 3. The van der Waals surface area contributed by atoms with Crippen molar-refractivity contribution in [2.45, 2.75) is 38.0 Å². The topological polar surface area (TPSA) is 84.0 Å². The predicted octanol–water partition coefficient (Wildman–Crippen LogP) is 3.48. The van der Waals surface area contributed by atoms with Crippen LogP contribution in [0.1, 0.15) is 54.1 Å². The molecule has 2 aromatic rings. The minimum absolute atomic E-state index is 0.0967. The van der Waals surface area contributed by atoms with Crippen LogP contribution in [0.4, 0.5) is 5.82 Å². The Labute approximate surface area is 115 Å². The van der Waals surface area contributed by atoms with E-state index in [2.05, 4.69) is 10.2 Å². The number of hydrogen-bond donors (Lipinski definition) is 1. The number of rotatable bonds is 3. The molecule has 1 fully saturated rings. The molecule has 6 nitrogen and oxygen atoms in total. The van der Waals surface area contributed by atoms with Crippen molar-refractivity contribution in [2.75, 3.05) is 0 Å². The highest BCUT2D eigenvalue weighted by Gasteiger charge is 2.25. The van der Waals surface area contributed by atoms with E-state index in [1.807, 2.05) is 0 Å². The molecule has 1 saturated carbocycles. The molecule has 2 heterocycles. The fraction of sp³-hybridized carbons (Fsp3) is 0.429. The molecular weight excluding hydrogens is 258 g/mol. The first-order valence-electron chi connectivity index (χ1n) is 6.80. The molecule has 1 aliphatic carbocycles. The van der Waals surface area contributed by atoms with Gasteiger partial charge in [-0.05, 0) is 30.2 Å². The number of nitroso groups, excluding NO2 is 1. The van der Waals surface area contributed by atoms with Gasteiger partial charge in [0, 0.05) is 12.1 Å². The van der Waals surface area contributed by atoms with Crippen LogP contribution in [-0.4, -0.2) is 20.5 Å². The van der Waals surface area contributed by atoms with Crippen molar-refractivity contribution in [1.29, 1.82) is 0 Å². The molecular formula is C14H15N3O3. The van der Waals surface area contributed by atoms with Gasteiger partial charge in [-0.1, -0.05) is 19.3 Å². The average Bonchev–Trinajstić information content (AvgIpc) is 2.86. The molecule has 0 aromatic carbocycles. The SMILES string of the molecule is O=Nc1c(C2CCCCC2)nc2c(C(=O)O)cccn12. The summed E-state index contributed by atoms with van der Waals surface area (Å²) in [4.78, 5) is 26.8. The monoisotopic (exact) mass is 273 g/mol. The summed E-state index contributed by atoms with van der Waals surface area (Å²) in [6.45, 7) is 0. The lowest BCUT2D eigenvalue weighted by Crippen LogP contribution is -2.05. The minimum atomic E-state index is -1.05. The van der Waals surface area contributed by atoms with E-state index in [1.165, 1.54) is 16.9 Å². The van der Waals surface area contributed by atoms with Gasteiger partial charge < -0.3 is 5.11 Å². The van der Waals surface area contributed by atoms with E-state index in [1.54, 1.807) is 12.3 Å². The van der Waals surface area contributed by atoms with E-state index in [0.717, 1.165) is 25.7 Å². The standard InChI is InChI=1S/C14H15N3O3/c18-14(19)10-7-4-8-17-12(10)15-11(13(17)16-20)9-5-2-1-3-6-9/h4,7-9H,1-3,5-6H2,(H,18,19). The lowest BCUT2D eigenvalue weighted by atomic mass is 9.87. The largest absolute Gasteiger partial charge is 0.478 e. The van der Waals surface area contributed by atoms with Crippen LogP contribution in [-0.2, 0) is 0 Å². The molecule has 3 rings (SSSR count). The van der Waals surface area contributed by atoms with Crippen LogP contribution >= 0.6 is 0 Å². The smallest absolute Gasteiger partial charge is 0.339 e. The Balaban J connectivity index is 2.19. The summed E-state index contributed by atoms with van der Waals surface area (Å²) in [7, 11) is 0. The van der Waals surface area contributed by atoms with Gasteiger partial charge in [-0.15, -0.1) is 4.91 Å². The molecule has 0 spiro atoms. The number of carboxylic acid groups (broad SMARTS) is 1. The van der Waals surface area contributed by atoms with E-state index in [4.69, 9.17) is 0 Å². The molecule has 0 radical (unpaired) electrons. The van der Waals surface area contributed by atoms with Gasteiger partial charge in [0.15, 0.2) is 5.65 Å². The molecule has 20 heavy (non-hydrogen) atoms. The number of carboxylic acids is 1. The van der Waals surface area contributed by atoms with Crippen LogP contribution in [0.2, 0.25) is 0 Å². The van der Waals surface area contributed by atoms with Crippen molar-refractivity contribution in [3.63, 3.8) is 0 Å². The zero-order valence-electron chi connectivity index (χ0n) is 11.0. The molecule has 0 atom stereocenters. The highest BCUT2D eigenvalue weighted by atomic mass is 16.4. The third-order valence-corrected chi connectivity index (χ3v) is 3.96. The second-order valence-corrected chi connectivity index (χ2v) is 5.17. The van der Waals surface area contributed by atoms with E-state index in [0.29, 0.717) is 11.3 Å². The van der Waals surface area contributed by atoms with E-state index in [-0.39, 0.29) is 17.3 Å². The van der Waals surface area contributed by atoms with Crippen molar-refractivity contribution < 1.29 is 9.90 Å². The molecule has 104 valence electrons. The highest BCUT2D eigenvalue weighted by molar-refractivity contribution is 5.94. The predicted molar refractivity (Wildman–Crippen MR) is 73.4 cm³/mol. The van der Waals surface area contributed by atoms with Gasteiger partial charge >= 0.3 is 5.97 Å². The van der Waals surface area contributed by atoms with Gasteiger partial charge in [0.2, 0.25) is 5.82 Å². The Morgan fingerprint density at radius 3 is 2.75 bits per heavy atom.